The van der Waals surface area contributed by atoms with Gasteiger partial charge in [-0.05, 0) is 38.8 Å². The number of amides is 1. The predicted octanol–water partition coefficient (Wildman–Crippen LogP) is 2.93. The SMILES string of the molecule is CCOC(=O)C1CCCN(C(=O)c2sc(-c3ccncc3)nc2C)C1. The molecule has 2 aromatic heterocycles. The summed E-state index contributed by atoms with van der Waals surface area (Å²) in [5, 5.41) is 0.808. The molecule has 0 N–H and O–H groups in total. The summed E-state index contributed by atoms with van der Waals surface area (Å²) in [4.78, 5) is 35.8. The van der Waals surface area contributed by atoms with E-state index in [2.05, 4.69) is 9.97 Å². The number of nitrogens with zero attached hydrogens (tertiary/aromatic N) is 3. The highest BCUT2D eigenvalue weighted by molar-refractivity contribution is 7.17. The third-order valence-electron chi connectivity index (χ3n) is 4.25. The lowest BCUT2D eigenvalue weighted by molar-refractivity contribution is -0.149. The van der Waals surface area contributed by atoms with Crippen LogP contribution in [0.1, 0.15) is 35.1 Å². The molecule has 2 aromatic rings. The fourth-order valence-corrected chi connectivity index (χ4v) is 4.01. The summed E-state index contributed by atoms with van der Waals surface area (Å²) in [6, 6.07) is 3.76. The van der Waals surface area contributed by atoms with Gasteiger partial charge in [-0.25, -0.2) is 4.98 Å². The Bertz CT molecular complexity index is 760. The van der Waals surface area contributed by atoms with E-state index in [1.165, 1.54) is 11.3 Å². The number of piperidine rings is 1. The van der Waals surface area contributed by atoms with E-state index in [1.807, 2.05) is 19.1 Å². The second-order valence-corrected chi connectivity index (χ2v) is 7.01. The van der Waals surface area contributed by atoms with Crippen LogP contribution in [0.25, 0.3) is 10.6 Å². The van der Waals surface area contributed by atoms with Gasteiger partial charge in [0.2, 0.25) is 0 Å². The standard InChI is InChI=1S/C18H21N3O3S/c1-3-24-18(23)14-5-4-10-21(11-14)17(22)15-12(2)20-16(25-15)13-6-8-19-9-7-13/h6-9,14H,3-5,10-11H2,1-2H3. The van der Waals surface area contributed by atoms with Gasteiger partial charge in [-0.1, -0.05) is 0 Å². The highest BCUT2D eigenvalue weighted by Crippen LogP contribution is 2.29. The minimum absolute atomic E-state index is 0.0516. The Labute approximate surface area is 150 Å². The zero-order chi connectivity index (χ0) is 17.8. The van der Waals surface area contributed by atoms with Crippen LogP contribution in [0.4, 0.5) is 0 Å². The summed E-state index contributed by atoms with van der Waals surface area (Å²) in [6.07, 6.45) is 5.00. The van der Waals surface area contributed by atoms with Crippen LogP contribution >= 0.6 is 11.3 Å². The van der Waals surface area contributed by atoms with Crippen molar-refractivity contribution in [3.8, 4) is 10.6 Å². The quantitative estimate of drug-likeness (QED) is 0.785. The molecule has 0 spiro atoms. The highest BCUT2D eigenvalue weighted by atomic mass is 32.1. The summed E-state index contributed by atoms with van der Waals surface area (Å²) < 4.78 is 5.11. The van der Waals surface area contributed by atoms with Gasteiger partial charge in [0.15, 0.2) is 0 Å². The van der Waals surface area contributed by atoms with Crippen molar-refractivity contribution in [2.45, 2.75) is 26.7 Å². The summed E-state index contributed by atoms with van der Waals surface area (Å²) in [5.74, 6) is -0.492. The van der Waals surface area contributed by atoms with Crippen molar-refractivity contribution in [2.75, 3.05) is 19.7 Å². The van der Waals surface area contributed by atoms with Crippen LogP contribution in [-0.4, -0.2) is 46.4 Å². The minimum Gasteiger partial charge on any atom is -0.466 e. The molecule has 7 heteroatoms. The van der Waals surface area contributed by atoms with Gasteiger partial charge in [0, 0.05) is 31.0 Å². The second kappa shape index (κ2) is 7.74. The fourth-order valence-electron chi connectivity index (χ4n) is 2.97. The Morgan fingerprint density at radius 3 is 2.84 bits per heavy atom. The van der Waals surface area contributed by atoms with Gasteiger partial charge in [-0.15, -0.1) is 11.3 Å². The first-order valence-corrected chi connectivity index (χ1v) is 9.25. The first-order valence-electron chi connectivity index (χ1n) is 8.44. The average Bonchev–Trinajstić information content (AvgIpc) is 3.04. The van der Waals surface area contributed by atoms with Crippen molar-refractivity contribution in [3.63, 3.8) is 0 Å². The molecule has 1 amide bonds. The van der Waals surface area contributed by atoms with Gasteiger partial charge in [0.1, 0.15) is 9.88 Å². The van der Waals surface area contributed by atoms with Crippen molar-refractivity contribution in [1.82, 2.24) is 14.9 Å². The predicted molar refractivity (Wildman–Crippen MR) is 95.3 cm³/mol. The van der Waals surface area contributed by atoms with Crippen molar-refractivity contribution in [3.05, 3.63) is 35.1 Å². The average molecular weight is 359 g/mol. The van der Waals surface area contributed by atoms with E-state index in [9.17, 15) is 9.59 Å². The van der Waals surface area contributed by atoms with E-state index >= 15 is 0 Å². The second-order valence-electron chi connectivity index (χ2n) is 6.01. The molecule has 0 radical (unpaired) electrons. The maximum Gasteiger partial charge on any atom is 0.310 e. The number of carbonyl (C=O) groups excluding carboxylic acids is 2. The number of hydrogen-bond acceptors (Lipinski definition) is 6. The maximum absolute atomic E-state index is 12.9. The van der Waals surface area contributed by atoms with Gasteiger partial charge in [-0.2, -0.15) is 0 Å². The first kappa shape index (κ1) is 17.5. The monoisotopic (exact) mass is 359 g/mol. The molecule has 1 unspecified atom stereocenters. The lowest BCUT2D eigenvalue weighted by Crippen LogP contribution is -2.42. The zero-order valence-electron chi connectivity index (χ0n) is 14.4. The smallest absolute Gasteiger partial charge is 0.310 e. The lowest BCUT2D eigenvalue weighted by Gasteiger charge is -2.31. The summed E-state index contributed by atoms with van der Waals surface area (Å²) in [7, 11) is 0. The molecule has 6 nitrogen and oxygen atoms in total. The summed E-state index contributed by atoms with van der Waals surface area (Å²) in [5.41, 5.74) is 1.67. The Morgan fingerprint density at radius 1 is 1.36 bits per heavy atom. The number of aromatic nitrogens is 2. The van der Waals surface area contributed by atoms with E-state index in [1.54, 1.807) is 24.2 Å². The number of esters is 1. The van der Waals surface area contributed by atoms with Gasteiger partial charge in [-0.3, -0.25) is 14.6 Å². The highest BCUT2D eigenvalue weighted by Gasteiger charge is 2.31. The number of thiazole rings is 1. The van der Waals surface area contributed by atoms with E-state index in [0.717, 1.165) is 29.1 Å². The van der Waals surface area contributed by atoms with Gasteiger partial charge in [0.05, 0.1) is 18.2 Å². The van der Waals surface area contributed by atoms with Crippen molar-refractivity contribution < 1.29 is 14.3 Å². The van der Waals surface area contributed by atoms with Crippen LogP contribution in [0.3, 0.4) is 0 Å². The number of hydrogen-bond donors (Lipinski definition) is 0. The molecule has 0 aromatic carbocycles. The minimum atomic E-state index is -0.231. The number of rotatable bonds is 4. The zero-order valence-corrected chi connectivity index (χ0v) is 15.2. The first-order chi connectivity index (χ1) is 12.1. The largest absolute Gasteiger partial charge is 0.466 e. The van der Waals surface area contributed by atoms with E-state index in [-0.39, 0.29) is 17.8 Å². The van der Waals surface area contributed by atoms with Crippen LogP contribution < -0.4 is 0 Å². The molecule has 3 heterocycles. The third-order valence-corrected chi connectivity index (χ3v) is 5.44. The molecule has 1 aliphatic rings. The molecule has 0 bridgehead atoms. The van der Waals surface area contributed by atoms with Crippen molar-refractivity contribution in [1.29, 1.82) is 0 Å². The number of aryl methyl sites for hydroxylation is 1. The van der Waals surface area contributed by atoms with E-state index < -0.39 is 0 Å². The van der Waals surface area contributed by atoms with Gasteiger partial charge >= 0.3 is 5.97 Å². The number of pyridine rings is 1. The molecule has 0 aliphatic carbocycles. The normalized spacial score (nSPS) is 17.4. The van der Waals surface area contributed by atoms with Crippen LogP contribution in [-0.2, 0) is 9.53 Å². The third kappa shape index (κ3) is 3.87. The number of ether oxygens (including phenoxy) is 1. The molecule has 1 aliphatic heterocycles. The molecule has 1 saturated heterocycles. The molecule has 0 saturated carbocycles. The van der Waals surface area contributed by atoms with Crippen LogP contribution in [0, 0.1) is 12.8 Å². The topological polar surface area (TPSA) is 72.4 Å². The summed E-state index contributed by atoms with van der Waals surface area (Å²) in [6.45, 7) is 5.09. The molecular formula is C18H21N3O3S. The Morgan fingerprint density at radius 2 is 2.12 bits per heavy atom. The maximum atomic E-state index is 12.9. The van der Waals surface area contributed by atoms with Crippen molar-refractivity contribution >= 4 is 23.2 Å². The molecule has 25 heavy (non-hydrogen) atoms. The molecule has 132 valence electrons. The Hall–Kier alpha value is -2.28. The lowest BCUT2D eigenvalue weighted by atomic mass is 9.98. The molecule has 1 atom stereocenters. The molecule has 1 fully saturated rings. The van der Waals surface area contributed by atoms with E-state index in [4.69, 9.17) is 4.74 Å². The Balaban J connectivity index is 1.77. The van der Waals surface area contributed by atoms with Crippen LogP contribution in [0.2, 0.25) is 0 Å². The number of likely N-dealkylation sites (tertiary alicyclic amines) is 1. The van der Waals surface area contributed by atoms with Crippen LogP contribution in [0.5, 0.6) is 0 Å². The fraction of sp³-hybridized carbons (Fsp3) is 0.444. The molecule has 3 rings (SSSR count). The number of carbonyl (C=O) groups is 2. The van der Waals surface area contributed by atoms with Crippen molar-refractivity contribution in [2.24, 2.45) is 5.92 Å². The van der Waals surface area contributed by atoms with Gasteiger partial charge in [0.25, 0.3) is 5.91 Å². The van der Waals surface area contributed by atoms with Crippen LogP contribution in [0.15, 0.2) is 24.5 Å². The summed E-state index contributed by atoms with van der Waals surface area (Å²) >= 11 is 1.39. The van der Waals surface area contributed by atoms with E-state index in [0.29, 0.717) is 24.6 Å². The van der Waals surface area contributed by atoms with Gasteiger partial charge < -0.3 is 9.64 Å². The molecular weight excluding hydrogens is 338 g/mol. The Kier molecular flexibility index (Phi) is 5.43.